The number of hydrogen-bond donors (Lipinski definition) is 2. The Kier molecular flexibility index (Phi) is 4.08. The lowest BCUT2D eigenvalue weighted by molar-refractivity contribution is -0.129. The van der Waals surface area contributed by atoms with Gasteiger partial charge >= 0.3 is 0 Å². The fourth-order valence-electron chi connectivity index (χ4n) is 2.15. The van der Waals surface area contributed by atoms with Crippen LogP contribution in [0.2, 0.25) is 0 Å². The maximum absolute atomic E-state index is 11.7. The van der Waals surface area contributed by atoms with Crippen molar-refractivity contribution in [1.29, 1.82) is 0 Å². The molecule has 82 valence electrons. The van der Waals surface area contributed by atoms with E-state index in [1.807, 2.05) is 13.8 Å². The average Bonchev–Trinajstić information content (AvgIpc) is 2.16. The van der Waals surface area contributed by atoms with Crippen LogP contribution in [0.1, 0.15) is 33.1 Å². The Balaban J connectivity index is 2.50. The number of carbonyl (C=O) groups excluding carboxylic acids is 1. The van der Waals surface area contributed by atoms with Crippen LogP contribution in [0, 0.1) is 17.8 Å². The summed E-state index contributed by atoms with van der Waals surface area (Å²) >= 11 is 0. The summed E-state index contributed by atoms with van der Waals surface area (Å²) in [5.41, 5.74) is 0. The lowest BCUT2D eigenvalue weighted by Gasteiger charge is -2.31. The molecule has 0 aliphatic heterocycles. The van der Waals surface area contributed by atoms with Crippen LogP contribution >= 0.6 is 0 Å². The van der Waals surface area contributed by atoms with Gasteiger partial charge in [0, 0.05) is 24.4 Å². The van der Waals surface area contributed by atoms with Gasteiger partial charge in [0.2, 0.25) is 0 Å². The zero-order valence-electron chi connectivity index (χ0n) is 8.94. The van der Waals surface area contributed by atoms with Crippen LogP contribution < -0.4 is 0 Å². The molecule has 1 aliphatic carbocycles. The van der Waals surface area contributed by atoms with E-state index in [9.17, 15) is 9.90 Å². The lowest BCUT2D eigenvalue weighted by atomic mass is 9.76. The fourth-order valence-corrected chi connectivity index (χ4v) is 2.15. The molecule has 3 heteroatoms. The van der Waals surface area contributed by atoms with Crippen molar-refractivity contribution in [2.24, 2.45) is 17.8 Å². The summed E-state index contributed by atoms with van der Waals surface area (Å²) in [5, 5.41) is 18.6. The van der Waals surface area contributed by atoms with Gasteiger partial charge in [0.05, 0.1) is 6.10 Å². The van der Waals surface area contributed by atoms with Crippen LogP contribution in [-0.2, 0) is 4.79 Å². The molecule has 0 aromatic rings. The van der Waals surface area contributed by atoms with Gasteiger partial charge in [-0.15, -0.1) is 0 Å². The van der Waals surface area contributed by atoms with Gasteiger partial charge in [-0.05, 0) is 19.3 Å². The Hall–Kier alpha value is -0.410. The SMILES string of the molecule is CC(C)C(=O)C1CCC(CO)C(O)C1. The monoisotopic (exact) mass is 200 g/mol. The molecular formula is C11H20O3. The number of rotatable bonds is 3. The van der Waals surface area contributed by atoms with Gasteiger partial charge in [-0.2, -0.15) is 0 Å². The normalized spacial score (nSPS) is 33.4. The molecule has 0 aromatic heterocycles. The van der Waals surface area contributed by atoms with Crippen molar-refractivity contribution in [1.82, 2.24) is 0 Å². The molecule has 0 amide bonds. The van der Waals surface area contributed by atoms with Crippen LogP contribution in [0.25, 0.3) is 0 Å². The van der Waals surface area contributed by atoms with Crippen molar-refractivity contribution >= 4 is 5.78 Å². The summed E-state index contributed by atoms with van der Waals surface area (Å²) in [6.45, 7) is 3.82. The first kappa shape index (κ1) is 11.7. The van der Waals surface area contributed by atoms with E-state index in [4.69, 9.17) is 5.11 Å². The van der Waals surface area contributed by atoms with E-state index in [1.54, 1.807) is 0 Å². The van der Waals surface area contributed by atoms with Gasteiger partial charge in [-0.25, -0.2) is 0 Å². The van der Waals surface area contributed by atoms with Gasteiger partial charge in [0.15, 0.2) is 0 Å². The third-order valence-corrected chi connectivity index (χ3v) is 3.16. The van der Waals surface area contributed by atoms with Crippen LogP contribution in [0.3, 0.4) is 0 Å². The highest BCUT2D eigenvalue weighted by Gasteiger charge is 2.32. The van der Waals surface area contributed by atoms with Gasteiger partial charge in [-0.1, -0.05) is 13.8 Å². The Morgan fingerprint density at radius 2 is 2.07 bits per heavy atom. The molecule has 0 heterocycles. The minimum atomic E-state index is -0.499. The topological polar surface area (TPSA) is 57.5 Å². The zero-order chi connectivity index (χ0) is 10.7. The Bertz CT molecular complexity index is 201. The first-order valence-corrected chi connectivity index (χ1v) is 5.39. The Morgan fingerprint density at radius 3 is 2.50 bits per heavy atom. The van der Waals surface area contributed by atoms with Crippen molar-refractivity contribution in [2.45, 2.75) is 39.2 Å². The summed E-state index contributed by atoms with van der Waals surface area (Å²) in [6.07, 6.45) is 1.61. The van der Waals surface area contributed by atoms with E-state index < -0.39 is 6.10 Å². The minimum absolute atomic E-state index is 0.00722. The van der Waals surface area contributed by atoms with Crippen LogP contribution in [0.15, 0.2) is 0 Å². The molecule has 0 aromatic carbocycles. The molecule has 1 rings (SSSR count). The standard InChI is InChI=1S/C11H20O3/c1-7(2)11(14)8-3-4-9(6-12)10(13)5-8/h7-10,12-13H,3-6H2,1-2H3. The number of aliphatic hydroxyl groups is 2. The van der Waals surface area contributed by atoms with Crippen molar-refractivity contribution in [3.8, 4) is 0 Å². The van der Waals surface area contributed by atoms with E-state index in [-0.39, 0.29) is 30.1 Å². The fraction of sp³-hybridized carbons (Fsp3) is 0.909. The average molecular weight is 200 g/mol. The van der Waals surface area contributed by atoms with Gasteiger partial charge < -0.3 is 10.2 Å². The smallest absolute Gasteiger partial charge is 0.138 e. The highest BCUT2D eigenvalue weighted by molar-refractivity contribution is 5.82. The molecule has 0 bridgehead atoms. The number of hydrogen-bond acceptors (Lipinski definition) is 3. The number of aliphatic hydroxyl groups excluding tert-OH is 2. The number of Topliss-reactive ketones (excluding diaryl/α,β-unsaturated/α-hetero) is 1. The predicted molar refractivity (Wildman–Crippen MR) is 53.8 cm³/mol. The second kappa shape index (κ2) is 4.89. The molecule has 0 saturated heterocycles. The molecule has 1 fully saturated rings. The summed E-state index contributed by atoms with van der Waals surface area (Å²) in [7, 11) is 0. The Labute approximate surface area is 85.1 Å². The van der Waals surface area contributed by atoms with Gasteiger partial charge in [-0.3, -0.25) is 4.79 Å². The van der Waals surface area contributed by atoms with Crippen LogP contribution in [-0.4, -0.2) is 28.7 Å². The summed E-state index contributed by atoms with van der Waals surface area (Å²) < 4.78 is 0. The van der Waals surface area contributed by atoms with E-state index in [0.29, 0.717) is 6.42 Å². The molecule has 14 heavy (non-hydrogen) atoms. The molecule has 0 spiro atoms. The first-order chi connectivity index (χ1) is 6.56. The highest BCUT2D eigenvalue weighted by atomic mass is 16.3. The quantitative estimate of drug-likeness (QED) is 0.714. The van der Waals surface area contributed by atoms with E-state index in [2.05, 4.69) is 0 Å². The molecule has 3 unspecified atom stereocenters. The molecular weight excluding hydrogens is 180 g/mol. The maximum Gasteiger partial charge on any atom is 0.138 e. The predicted octanol–water partition coefficient (Wildman–Crippen LogP) is 0.981. The Morgan fingerprint density at radius 1 is 1.43 bits per heavy atom. The van der Waals surface area contributed by atoms with Gasteiger partial charge in [0.25, 0.3) is 0 Å². The summed E-state index contributed by atoms with van der Waals surface area (Å²) in [5.74, 6) is 0.289. The first-order valence-electron chi connectivity index (χ1n) is 5.39. The van der Waals surface area contributed by atoms with E-state index in [1.165, 1.54) is 0 Å². The largest absolute Gasteiger partial charge is 0.396 e. The zero-order valence-corrected chi connectivity index (χ0v) is 8.94. The second-order valence-electron chi connectivity index (χ2n) is 4.58. The number of ketones is 1. The second-order valence-corrected chi connectivity index (χ2v) is 4.58. The van der Waals surface area contributed by atoms with Crippen LogP contribution in [0.5, 0.6) is 0 Å². The molecule has 3 atom stereocenters. The summed E-state index contributed by atoms with van der Waals surface area (Å²) in [4.78, 5) is 11.7. The van der Waals surface area contributed by atoms with Crippen LogP contribution in [0.4, 0.5) is 0 Å². The third-order valence-electron chi connectivity index (χ3n) is 3.16. The van der Waals surface area contributed by atoms with Crippen molar-refractivity contribution < 1.29 is 15.0 Å². The van der Waals surface area contributed by atoms with E-state index >= 15 is 0 Å². The molecule has 0 radical (unpaired) electrons. The highest BCUT2D eigenvalue weighted by Crippen LogP contribution is 2.30. The minimum Gasteiger partial charge on any atom is -0.396 e. The molecule has 3 nitrogen and oxygen atoms in total. The summed E-state index contributed by atoms with van der Waals surface area (Å²) in [6, 6.07) is 0. The van der Waals surface area contributed by atoms with Crippen molar-refractivity contribution in [2.75, 3.05) is 6.61 Å². The molecule has 1 saturated carbocycles. The van der Waals surface area contributed by atoms with Crippen molar-refractivity contribution in [3.05, 3.63) is 0 Å². The van der Waals surface area contributed by atoms with Gasteiger partial charge in [0.1, 0.15) is 5.78 Å². The number of carbonyl (C=O) groups is 1. The maximum atomic E-state index is 11.7. The lowest BCUT2D eigenvalue weighted by Crippen LogP contribution is -2.35. The third kappa shape index (κ3) is 2.55. The molecule has 2 N–H and O–H groups in total. The van der Waals surface area contributed by atoms with Crippen molar-refractivity contribution in [3.63, 3.8) is 0 Å². The molecule has 1 aliphatic rings. The van der Waals surface area contributed by atoms with E-state index in [0.717, 1.165) is 12.8 Å².